The molecular formula is C14H15FN2O2S. The van der Waals surface area contributed by atoms with Gasteiger partial charge in [-0.2, -0.15) is 0 Å². The smallest absolute Gasteiger partial charge is 0.335 e. The van der Waals surface area contributed by atoms with Gasteiger partial charge in [0.25, 0.3) is 0 Å². The van der Waals surface area contributed by atoms with Crippen LogP contribution in [0.4, 0.5) is 4.39 Å². The van der Waals surface area contributed by atoms with Crippen LogP contribution in [0.3, 0.4) is 0 Å². The van der Waals surface area contributed by atoms with Crippen LogP contribution in [0.2, 0.25) is 0 Å². The second-order valence-electron chi connectivity index (χ2n) is 4.52. The summed E-state index contributed by atoms with van der Waals surface area (Å²) >= 11 is 1.41. The molecule has 0 saturated heterocycles. The Balaban J connectivity index is 2.53. The summed E-state index contributed by atoms with van der Waals surface area (Å²) < 4.78 is 13.4. The van der Waals surface area contributed by atoms with Crippen LogP contribution in [0.5, 0.6) is 0 Å². The van der Waals surface area contributed by atoms with E-state index in [4.69, 9.17) is 0 Å². The molecule has 0 saturated carbocycles. The lowest BCUT2D eigenvalue weighted by molar-refractivity contribution is -0.133. The Morgan fingerprint density at radius 1 is 1.45 bits per heavy atom. The summed E-state index contributed by atoms with van der Waals surface area (Å²) in [6, 6.07) is 3.95. The third-order valence-corrected chi connectivity index (χ3v) is 3.73. The van der Waals surface area contributed by atoms with Gasteiger partial charge in [-0.3, -0.25) is 0 Å². The minimum atomic E-state index is -1.02. The molecule has 1 aliphatic rings. The molecule has 0 bridgehead atoms. The fourth-order valence-electron chi connectivity index (χ4n) is 2.11. The van der Waals surface area contributed by atoms with E-state index in [2.05, 4.69) is 10.3 Å². The zero-order valence-electron chi connectivity index (χ0n) is 11.4. The van der Waals surface area contributed by atoms with E-state index < -0.39 is 12.0 Å². The van der Waals surface area contributed by atoms with E-state index in [0.717, 1.165) is 0 Å². The number of hydrogen-bond acceptors (Lipinski definition) is 4. The van der Waals surface area contributed by atoms with Gasteiger partial charge in [-0.1, -0.05) is 23.9 Å². The molecule has 1 aromatic rings. The van der Waals surface area contributed by atoms with Crippen molar-refractivity contribution in [2.24, 2.45) is 4.99 Å². The molecule has 106 valence electrons. The topological polar surface area (TPSA) is 61.7 Å². The molecule has 0 spiro atoms. The van der Waals surface area contributed by atoms with Crippen molar-refractivity contribution in [3.63, 3.8) is 0 Å². The van der Waals surface area contributed by atoms with Gasteiger partial charge in [-0.15, -0.1) is 0 Å². The zero-order chi connectivity index (χ0) is 14.9. The first-order valence-electron chi connectivity index (χ1n) is 6.03. The maximum atomic E-state index is 13.4. The number of nitrogens with one attached hydrogen (secondary N) is 1. The van der Waals surface area contributed by atoms with Crippen molar-refractivity contribution in [2.75, 3.05) is 6.26 Å². The number of carboxylic acid groups (broad SMARTS) is 1. The van der Waals surface area contributed by atoms with Crippen molar-refractivity contribution in [1.29, 1.82) is 0 Å². The summed E-state index contributed by atoms with van der Waals surface area (Å²) in [4.78, 5) is 15.8. The normalized spacial score (nSPS) is 18.6. The van der Waals surface area contributed by atoms with E-state index in [1.165, 1.54) is 17.8 Å². The van der Waals surface area contributed by atoms with E-state index in [1.807, 2.05) is 6.26 Å². The highest BCUT2D eigenvalue weighted by Gasteiger charge is 2.29. The fraction of sp³-hybridized carbons (Fsp3) is 0.286. The van der Waals surface area contributed by atoms with Crippen LogP contribution in [0.1, 0.15) is 24.1 Å². The number of aliphatic imine (C=N–C) groups is 1. The highest BCUT2D eigenvalue weighted by Crippen LogP contribution is 2.32. The second kappa shape index (κ2) is 5.66. The summed E-state index contributed by atoms with van der Waals surface area (Å²) in [5.74, 6) is -1.33. The Kier molecular flexibility index (Phi) is 4.13. The number of benzene rings is 1. The number of carbonyl (C=O) groups is 1. The van der Waals surface area contributed by atoms with E-state index in [9.17, 15) is 14.3 Å². The molecule has 6 heteroatoms. The van der Waals surface area contributed by atoms with Crippen molar-refractivity contribution in [3.8, 4) is 0 Å². The summed E-state index contributed by atoms with van der Waals surface area (Å²) in [6.07, 6.45) is 1.86. The predicted molar refractivity (Wildman–Crippen MR) is 78.3 cm³/mol. The van der Waals surface area contributed by atoms with E-state index in [-0.39, 0.29) is 11.4 Å². The van der Waals surface area contributed by atoms with E-state index >= 15 is 0 Å². The lowest BCUT2D eigenvalue weighted by atomic mass is 9.95. The molecule has 1 aliphatic heterocycles. The molecule has 0 radical (unpaired) electrons. The molecular weight excluding hydrogens is 279 g/mol. The Hall–Kier alpha value is -1.82. The standard InChI is InChI=1S/C14H15FN2O2S/c1-7-6-9(4-5-10(7)15)12-11(13(18)19)8(2)16-14(17-12)20-3/h4-6,12H,1-3H3,(H,16,17)(H,18,19). The molecule has 2 rings (SSSR count). The minimum Gasteiger partial charge on any atom is -0.478 e. The number of rotatable bonds is 2. The number of aliphatic carboxylic acids is 1. The molecule has 2 N–H and O–H groups in total. The number of carboxylic acids is 1. The summed E-state index contributed by atoms with van der Waals surface area (Å²) in [7, 11) is 0. The molecule has 0 amide bonds. The number of aryl methyl sites for hydroxylation is 1. The number of thioether (sulfide) groups is 1. The summed E-state index contributed by atoms with van der Waals surface area (Å²) in [5.41, 5.74) is 1.90. The number of amidine groups is 1. The van der Waals surface area contributed by atoms with Gasteiger partial charge in [0.2, 0.25) is 0 Å². The summed E-state index contributed by atoms with van der Waals surface area (Å²) in [5, 5.41) is 13.0. The molecule has 1 aromatic carbocycles. The molecule has 0 aromatic heterocycles. The van der Waals surface area contributed by atoms with Gasteiger partial charge in [0.05, 0.1) is 5.57 Å². The molecule has 0 fully saturated rings. The van der Waals surface area contributed by atoms with Gasteiger partial charge in [-0.25, -0.2) is 14.2 Å². The third kappa shape index (κ3) is 2.70. The van der Waals surface area contributed by atoms with Crippen LogP contribution in [-0.4, -0.2) is 22.5 Å². The van der Waals surface area contributed by atoms with Gasteiger partial charge in [0.15, 0.2) is 5.17 Å². The lowest BCUT2D eigenvalue weighted by Crippen LogP contribution is -2.29. The SMILES string of the molecule is CSC1=NC(c2ccc(F)c(C)c2)C(C(=O)O)=C(C)N1. The highest BCUT2D eigenvalue weighted by atomic mass is 32.2. The van der Waals surface area contributed by atoms with Crippen LogP contribution in [0.15, 0.2) is 34.5 Å². The summed E-state index contributed by atoms with van der Waals surface area (Å²) in [6.45, 7) is 3.36. The monoisotopic (exact) mass is 294 g/mol. The maximum Gasteiger partial charge on any atom is 0.335 e. The van der Waals surface area contributed by atoms with Crippen LogP contribution < -0.4 is 5.32 Å². The molecule has 1 unspecified atom stereocenters. The Labute approximate surface area is 120 Å². The van der Waals surface area contributed by atoms with Crippen molar-refractivity contribution in [1.82, 2.24) is 5.32 Å². The van der Waals surface area contributed by atoms with E-state index in [0.29, 0.717) is 22.0 Å². The van der Waals surface area contributed by atoms with Crippen LogP contribution >= 0.6 is 11.8 Å². The van der Waals surface area contributed by atoms with Gasteiger partial charge >= 0.3 is 5.97 Å². The zero-order valence-corrected chi connectivity index (χ0v) is 12.2. The molecule has 1 atom stereocenters. The van der Waals surface area contributed by atoms with Crippen molar-refractivity contribution in [2.45, 2.75) is 19.9 Å². The van der Waals surface area contributed by atoms with Gasteiger partial charge < -0.3 is 10.4 Å². The Morgan fingerprint density at radius 3 is 2.70 bits per heavy atom. The highest BCUT2D eigenvalue weighted by molar-refractivity contribution is 8.13. The quantitative estimate of drug-likeness (QED) is 0.880. The lowest BCUT2D eigenvalue weighted by Gasteiger charge is -2.24. The average molecular weight is 294 g/mol. The first kappa shape index (κ1) is 14.6. The van der Waals surface area contributed by atoms with Gasteiger partial charge in [0.1, 0.15) is 11.9 Å². The van der Waals surface area contributed by atoms with Crippen LogP contribution in [0.25, 0.3) is 0 Å². The second-order valence-corrected chi connectivity index (χ2v) is 5.31. The molecule has 1 heterocycles. The van der Waals surface area contributed by atoms with Crippen LogP contribution in [0, 0.1) is 12.7 Å². The van der Waals surface area contributed by atoms with Crippen molar-refractivity contribution < 1.29 is 14.3 Å². The average Bonchev–Trinajstić information content (AvgIpc) is 2.40. The molecule has 4 nitrogen and oxygen atoms in total. The minimum absolute atomic E-state index is 0.189. The van der Waals surface area contributed by atoms with Gasteiger partial charge in [-0.05, 0) is 37.3 Å². The molecule has 20 heavy (non-hydrogen) atoms. The molecule has 0 aliphatic carbocycles. The first-order valence-corrected chi connectivity index (χ1v) is 7.25. The van der Waals surface area contributed by atoms with Crippen molar-refractivity contribution >= 4 is 22.9 Å². The fourth-order valence-corrected chi connectivity index (χ4v) is 2.57. The number of hydrogen-bond donors (Lipinski definition) is 2. The Morgan fingerprint density at radius 2 is 2.15 bits per heavy atom. The number of nitrogens with zero attached hydrogens (tertiary/aromatic N) is 1. The first-order chi connectivity index (χ1) is 9.43. The third-order valence-electron chi connectivity index (χ3n) is 3.14. The van der Waals surface area contributed by atoms with E-state index in [1.54, 1.807) is 26.0 Å². The van der Waals surface area contributed by atoms with Gasteiger partial charge in [0, 0.05) is 5.70 Å². The van der Waals surface area contributed by atoms with Crippen molar-refractivity contribution in [3.05, 3.63) is 46.4 Å². The number of allylic oxidation sites excluding steroid dienone is 1. The van der Waals surface area contributed by atoms with Crippen LogP contribution in [-0.2, 0) is 4.79 Å². The number of halogens is 1. The maximum absolute atomic E-state index is 13.4. The predicted octanol–water partition coefficient (Wildman–Crippen LogP) is 2.86. The largest absolute Gasteiger partial charge is 0.478 e. The Bertz CT molecular complexity index is 626.